The molecule has 0 aliphatic carbocycles. The molecule has 0 atom stereocenters. The van der Waals surface area contributed by atoms with Crippen molar-refractivity contribution in [3.05, 3.63) is 59.2 Å². The number of nitrogens with two attached hydrogens (primary N) is 1. The Bertz CT molecular complexity index is 966. The number of aromatic nitrogens is 4. The molecule has 0 saturated heterocycles. The summed E-state index contributed by atoms with van der Waals surface area (Å²) in [6, 6.07) is 11.5. The summed E-state index contributed by atoms with van der Waals surface area (Å²) in [6.07, 6.45) is 3.56. The number of anilines is 3. The molecule has 1 aromatic carbocycles. The lowest BCUT2D eigenvalue weighted by atomic mass is 10.2. The van der Waals surface area contributed by atoms with Gasteiger partial charge in [-0.2, -0.15) is 5.10 Å². The number of H-pyrrole nitrogens is 1. The van der Waals surface area contributed by atoms with E-state index in [2.05, 4.69) is 25.5 Å². The van der Waals surface area contributed by atoms with Crippen LogP contribution in [0.4, 0.5) is 17.3 Å². The molecule has 0 aliphatic heterocycles. The number of aromatic amines is 1. The maximum absolute atomic E-state index is 12.2. The molecule has 0 aliphatic rings. The molecule has 27 heavy (non-hydrogen) atoms. The number of hydrogen-bond donors (Lipinski definition) is 3. The van der Waals surface area contributed by atoms with E-state index in [0.717, 1.165) is 11.3 Å². The topological polar surface area (TPSA) is 119 Å². The summed E-state index contributed by atoms with van der Waals surface area (Å²) in [5, 5.41) is 9.90. The van der Waals surface area contributed by atoms with Gasteiger partial charge in [-0.25, -0.2) is 14.8 Å². The minimum Gasteiger partial charge on any atom is -0.461 e. The number of nitrogens with zero attached hydrogens (tertiary/aromatic N) is 3. The molecule has 8 heteroatoms. The van der Waals surface area contributed by atoms with Crippen LogP contribution in [0.25, 0.3) is 12.2 Å². The van der Waals surface area contributed by atoms with Crippen LogP contribution in [0.3, 0.4) is 0 Å². The fraction of sp³-hybridized carbons (Fsp3) is 0.158. The minimum absolute atomic E-state index is 0.0123. The SMILES string of the molecule is CCOC(=O)c1nc(C=Cc2ccccc2)nc(Nc2cc(C)n[nH]2)c1N. The summed E-state index contributed by atoms with van der Waals surface area (Å²) in [4.78, 5) is 20.9. The Kier molecular flexibility index (Phi) is 5.46. The summed E-state index contributed by atoms with van der Waals surface area (Å²) in [5.41, 5.74) is 8.01. The van der Waals surface area contributed by atoms with Crippen LogP contribution in [0.5, 0.6) is 0 Å². The number of benzene rings is 1. The average Bonchev–Trinajstić information content (AvgIpc) is 3.08. The molecule has 0 bridgehead atoms. The zero-order valence-corrected chi connectivity index (χ0v) is 15.1. The Morgan fingerprint density at radius 2 is 2.04 bits per heavy atom. The Labute approximate surface area is 156 Å². The third kappa shape index (κ3) is 4.49. The predicted octanol–water partition coefficient (Wildman–Crippen LogP) is 3.18. The van der Waals surface area contributed by atoms with Crippen LogP contribution in [0.2, 0.25) is 0 Å². The summed E-state index contributed by atoms with van der Waals surface area (Å²) in [7, 11) is 0. The molecule has 0 unspecified atom stereocenters. The monoisotopic (exact) mass is 364 g/mol. The Hall–Kier alpha value is -3.68. The molecule has 8 nitrogen and oxygen atoms in total. The fourth-order valence-electron chi connectivity index (χ4n) is 2.36. The van der Waals surface area contributed by atoms with E-state index in [1.54, 1.807) is 19.1 Å². The van der Waals surface area contributed by atoms with E-state index in [-0.39, 0.29) is 18.0 Å². The van der Waals surface area contributed by atoms with Crippen molar-refractivity contribution in [1.82, 2.24) is 20.2 Å². The first-order chi connectivity index (χ1) is 13.1. The highest BCUT2D eigenvalue weighted by atomic mass is 16.5. The van der Waals surface area contributed by atoms with E-state index in [9.17, 15) is 4.79 Å². The maximum Gasteiger partial charge on any atom is 0.359 e. The second-order valence-electron chi connectivity index (χ2n) is 5.71. The number of esters is 1. The number of hydrogen-bond acceptors (Lipinski definition) is 7. The molecule has 0 radical (unpaired) electrons. The second kappa shape index (κ2) is 8.13. The molecule has 138 valence electrons. The van der Waals surface area contributed by atoms with Gasteiger partial charge in [0.1, 0.15) is 11.5 Å². The van der Waals surface area contributed by atoms with Crippen LogP contribution in [-0.4, -0.2) is 32.7 Å². The number of ether oxygens (including phenoxy) is 1. The standard InChI is InChI=1S/C19H20N6O2/c1-3-27-19(26)17-16(20)18(23-15-11-12(2)24-25-15)22-14(21-17)10-9-13-7-5-4-6-8-13/h4-11H,3,20H2,1-2H3,(H2,21,22,23,24,25). The number of rotatable bonds is 6. The Balaban J connectivity index is 1.99. The molecule has 2 heterocycles. The van der Waals surface area contributed by atoms with Crippen molar-refractivity contribution < 1.29 is 9.53 Å². The highest BCUT2D eigenvalue weighted by Crippen LogP contribution is 2.24. The lowest BCUT2D eigenvalue weighted by Crippen LogP contribution is -2.14. The van der Waals surface area contributed by atoms with Crippen molar-refractivity contribution in [3.8, 4) is 0 Å². The number of carbonyl (C=O) groups excluding carboxylic acids is 1. The van der Waals surface area contributed by atoms with Gasteiger partial charge in [-0.15, -0.1) is 0 Å². The molecule has 3 rings (SSSR count). The fourth-order valence-corrected chi connectivity index (χ4v) is 2.36. The minimum atomic E-state index is -0.601. The van der Waals surface area contributed by atoms with Crippen LogP contribution in [0.15, 0.2) is 36.4 Å². The second-order valence-corrected chi connectivity index (χ2v) is 5.71. The van der Waals surface area contributed by atoms with Gasteiger partial charge >= 0.3 is 5.97 Å². The van der Waals surface area contributed by atoms with Crippen molar-refractivity contribution in [3.63, 3.8) is 0 Å². The quantitative estimate of drug-likeness (QED) is 0.575. The van der Waals surface area contributed by atoms with E-state index < -0.39 is 5.97 Å². The highest BCUT2D eigenvalue weighted by molar-refractivity contribution is 5.96. The maximum atomic E-state index is 12.2. The van der Waals surface area contributed by atoms with E-state index in [0.29, 0.717) is 17.5 Å². The first kappa shape index (κ1) is 18.1. The zero-order valence-electron chi connectivity index (χ0n) is 15.1. The zero-order chi connectivity index (χ0) is 19.2. The third-order valence-electron chi connectivity index (χ3n) is 3.62. The van der Waals surface area contributed by atoms with Crippen molar-refractivity contribution in [2.45, 2.75) is 13.8 Å². The molecule has 4 N–H and O–H groups in total. The number of carbonyl (C=O) groups is 1. The van der Waals surface area contributed by atoms with Gasteiger partial charge in [0.05, 0.1) is 12.3 Å². The smallest absolute Gasteiger partial charge is 0.359 e. The van der Waals surface area contributed by atoms with Gasteiger partial charge in [0, 0.05) is 6.07 Å². The summed E-state index contributed by atoms with van der Waals surface area (Å²) in [6.45, 7) is 3.79. The Morgan fingerprint density at radius 3 is 2.70 bits per heavy atom. The molecule has 0 fully saturated rings. The first-order valence-electron chi connectivity index (χ1n) is 8.43. The number of nitrogens with one attached hydrogen (secondary N) is 2. The lowest BCUT2D eigenvalue weighted by molar-refractivity contribution is 0.0520. The van der Waals surface area contributed by atoms with Crippen LogP contribution in [0, 0.1) is 6.92 Å². The van der Waals surface area contributed by atoms with Crippen molar-refractivity contribution in [2.24, 2.45) is 0 Å². The van der Waals surface area contributed by atoms with Gasteiger partial charge in [0.15, 0.2) is 17.3 Å². The van der Waals surface area contributed by atoms with Gasteiger partial charge in [-0.3, -0.25) is 5.10 Å². The molecule has 3 aromatic rings. The molecular weight excluding hydrogens is 344 g/mol. The molecule has 2 aromatic heterocycles. The van der Waals surface area contributed by atoms with Gasteiger partial charge in [-0.1, -0.05) is 36.4 Å². The predicted molar refractivity (Wildman–Crippen MR) is 104 cm³/mol. The van der Waals surface area contributed by atoms with E-state index >= 15 is 0 Å². The first-order valence-corrected chi connectivity index (χ1v) is 8.43. The van der Waals surface area contributed by atoms with Crippen molar-refractivity contribution in [1.29, 1.82) is 0 Å². The molecule has 0 spiro atoms. The molecule has 0 saturated carbocycles. The van der Waals surface area contributed by atoms with E-state index in [4.69, 9.17) is 10.5 Å². The van der Waals surface area contributed by atoms with Crippen molar-refractivity contribution >= 4 is 35.4 Å². The Morgan fingerprint density at radius 1 is 1.26 bits per heavy atom. The van der Waals surface area contributed by atoms with E-state index in [1.165, 1.54) is 0 Å². The van der Waals surface area contributed by atoms with Crippen LogP contribution >= 0.6 is 0 Å². The normalized spacial score (nSPS) is 10.9. The van der Waals surface area contributed by atoms with Gasteiger partial charge in [0.25, 0.3) is 0 Å². The molecule has 0 amide bonds. The lowest BCUT2D eigenvalue weighted by Gasteiger charge is -2.11. The van der Waals surface area contributed by atoms with Gasteiger partial charge in [-0.05, 0) is 25.5 Å². The summed E-state index contributed by atoms with van der Waals surface area (Å²) < 4.78 is 5.05. The number of aryl methyl sites for hydroxylation is 1. The van der Waals surface area contributed by atoms with Crippen LogP contribution in [-0.2, 0) is 4.74 Å². The van der Waals surface area contributed by atoms with Gasteiger partial charge < -0.3 is 15.8 Å². The van der Waals surface area contributed by atoms with Crippen LogP contribution in [0.1, 0.15) is 34.5 Å². The highest BCUT2D eigenvalue weighted by Gasteiger charge is 2.19. The number of nitrogen functional groups attached to an aromatic ring is 1. The average molecular weight is 364 g/mol. The summed E-state index contributed by atoms with van der Waals surface area (Å²) >= 11 is 0. The van der Waals surface area contributed by atoms with Crippen molar-refractivity contribution in [2.75, 3.05) is 17.7 Å². The third-order valence-corrected chi connectivity index (χ3v) is 3.62. The van der Waals surface area contributed by atoms with E-state index in [1.807, 2.05) is 43.3 Å². The molecular formula is C19H20N6O2. The van der Waals surface area contributed by atoms with Gasteiger partial charge in [0.2, 0.25) is 0 Å². The van der Waals surface area contributed by atoms with Crippen LogP contribution < -0.4 is 11.1 Å². The summed E-state index contributed by atoms with van der Waals surface area (Å²) in [5.74, 6) is 0.626. The largest absolute Gasteiger partial charge is 0.461 e.